The lowest BCUT2D eigenvalue weighted by atomic mass is 10.3. The number of ether oxygens (including phenoxy) is 1. The summed E-state index contributed by atoms with van der Waals surface area (Å²) in [6.07, 6.45) is 3.04. The molecule has 1 aliphatic rings. The molecule has 92 valence electrons. The molecule has 1 N–H and O–H groups in total. The SMILES string of the molecule is CN1C(=O)OC[C@H]1C(=O)NCCn1cccn1. The average Bonchev–Trinajstić information content (AvgIpc) is 2.91. The molecule has 1 fully saturated rings. The van der Waals surface area contributed by atoms with Crippen LogP contribution in [0, 0.1) is 0 Å². The molecule has 2 heterocycles. The molecule has 0 aromatic carbocycles. The molecular weight excluding hydrogens is 224 g/mol. The van der Waals surface area contributed by atoms with Crippen LogP contribution < -0.4 is 5.32 Å². The number of carbonyl (C=O) groups is 2. The number of cyclic esters (lactones) is 1. The maximum atomic E-state index is 11.7. The van der Waals surface area contributed by atoms with Gasteiger partial charge in [0, 0.05) is 26.0 Å². The predicted molar refractivity (Wildman–Crippen MR) is 58.1 cm³/mol. The highest BCUT2D eigenvalue weighted by Gasteiger charge is 2.34. The molecule has 0 bridgehead atoms. The van der Waals surface area contributed by atoms with Crippen molar-refractivity contribution >= 4 is 12.0 Å². The van der Waals surface area contributed by atoms with Crippen LogP contribution in [0.4, 0.5) is 4.79 Å². The smallest absolute Gasteiger partial charge is 0.410 e. The van der Waals surface area contributed by atoms with Gasteiger partial charge in [-0.1, -0.05) is 0 Å². The number of nitrogens with one attached hydrogen (secondary N) is 1. The van der Waals surface area contributed by atoms with Crippen LogP contribution in [0.5, 0.6) is 0 Å². The van der Waals surface area contributed by atoms with E-state index < -0.39 is 12.1 Å². The first kappa shape index (κ1) is 11.4. The molecule has 0 saturated carbocycles. The fourth-order valence-electron chi connectivity index (χ4n) is 1.59. The first-order valence-electron chi connectivity index (χ1n) is 5.33. The highest BCUT2D eigenvalue weighted by atomic mass is 16.6. The van der Waals surface area contributed by atoms with Crippen LogP contribution in [0.3, 0.4) is 0 Å². The summed E-state index contributed by atoms with van der Waals surface area (Å²) < 4.78 is 6.48. The fraction of sp³-hybridized carbons (Fsp3) is 0.500. The lowest BCUT2D eigenvalue weighted by Crippen LogP contribution is -2.44. The van der Waals surface area contributed by atoms with Gasteiger partial charge >= 0.3 is 6.09 Å². The third-order valence-electron chi connectivity index (χ3n) is 2.62. The Bertz CT molecular complexity index is 404. The molecule has 1 saturated heterocycles. The Morgan fingerprint density at radius 1 is 1.71 bits per heavy atom. The van der Waals surface area contributed by atoms with Gasteiger partial charge in [0.05, 0.1) is 6.54 Å². The van der Waals surface area contributed by atoms with Gasteiger partial charge in [-0.15, -0.1) is 0 Å². The van der Waals surface area contributed by atoms with E-state index in [2.05, 4.69) is 10.4 Å². The molecular formula is C10H14N4O3. The average molecular weight is 238 g/mol. The monoisotopic (exact) mass is 238 g/mol. The van der Waals surface area contributed by atoms with E-state index >= 15 is 0 Å². The van der Waals surface area contributed by atoms with Crippen molar-refractivity contribution in [3.8, 4) is 0 Å². The Balaban J connectivity index is 1.76. The summed E-state index contributed by atoms with van der Waals surface area (Å²) in [5, 5.41) is 6.75. The Hall–Kier alpha value is -2.05. The van der Waals surface area contributed by atoms with Crippen molar-refractivity contribution in [1.82, 2.24) is 20.0 Å². The van der Waals surface area contributed by atoms with E-state index in [1.165, 1.54) is 4.90 Å². The summed E-state index contributed by atoms with van der Waals surface area (Å²) in [7, 11) is 1.55. The zero-order valence-corrected chi connectivity index (χ0v) is 9.50. The van der Waals surface area contributed by atoms with Crippen molar-refractivity contribution in [3.05, 3.63) is 18.5 Å². The minimum absolute atomic E-state index is 0.114. The van der Waals surface area contributed by atoms with E-state index in [0.717, 1.165) is 0 Å². The summed E-state index contributed by atoms with van der Waals surface area (Å²) in [5.41, 5.74) is 0. The highest BCUT2D eigenvalue weighted by Crippen LogP contribution is 2.08. The second-order valence-electron chi connectivity index (χ2n) is 3.76. The summed E-state index contributed by atoms with van der Waals surface area (Å²) in [5.74, 6) is -0.203. The van der Waals surface area contributed by atoms with Crippen LogP contribution in [0.2, 0.25) is 0 Å². The Kier molecular flexibility index (Phi) is 3.27. The van der Waals surface area contributed by atoms with Gasteiger partial charge in [-0.3, -0.25) is 14.4 Å². The maximum Gasteiger partial charge on any atom is 0.410 e. The van der Waals surface area contributed by atoms with Gasteiger partial charge in [0.15, 0.2) is 0 Å². The molecule has 1 aromatic heterocycles. The largest absolute Gasteiger partial charge is 0.447 e. The van der Waals surface area contributed by atoms with Gasteiger partial charge in [0.1, 0.15) is 12.6 Å². The molecule has 7 heteroatoms. The van der Waals surface area contributed by atoms with Crippen LogP contribution in [-0.2, 0) is 16.1 Å². The fourth-order valence-corrected chi connectivity index (χ4v) is 1.59. The van der Waals surface area contributed by atoms with Gasteiger partial charge in [-0.2, -0.15) is 5.10 Å². The first-order chi connectivity index (χ1) is 8.18. The number of likely N-dealkylation sites (N-methyl/N-ethyl adjacent to an activating group) is 1. The maximum absolute atomic E-state index is 11.7. The van der Waals surface area contributed by atoms with E-state index in [1.807, 2.05) is 12.3 Å². The summed E-state index contributed by atoms with van der Waals surface area (Å²) in [6.45, 7) is 1.19. The van der Waals surface area contributed by atoms with Crippen molar-refractivity contribution in [2.75, 3.05) is 20.2 Å². The first-order valence-corrected chi connectivity index (χ1v) is 5.33. The molecule has 1 atom stereocenters. The molecule has 0 aliphatic carbocycles. The molecule has 17 heavy (non-hydrogen) atoms. The summed E-state index contributed by atoms with van der Waals surface area (Å²) >= 11 is 0. The molecule has 1 aromatic rings. The summed E-state index contributed by atoms with van der Waals surface area (Å²) in [6, 6.07) is 1.29. The van der Waals surface area contributed by atoms with E-state index in [1.54, 1.807) is 17.9 Å². The van der Waals surface area contributed by atoms with Crippen LogP contribution in [0.25, 0.3) is 0 Å². The van der Waals surface area contributed by atoms with Crippen molar-refractivity contribution in [2.45, 2.75) is 12.6 Å². The number of aromatic nitrogens is 2. The Morgan fingerprint density at radius 3 is 3.12 bits per heavy atom. The normalized spacial score (nSPS) is 19.2. The zero-order valence-electron chi connectivity index (χ0n) is 9.50. The number of nitrogens with zero attached hydrogens (tertiary/aromatic N) is 3. The van der Waals surface area contributed by atoms with Crippen LogP contribution in [0.1, 0.15) is 0 Å². The Labute approximate surface area is 98.3 Å². The lowest BCUT2D eigenvalue weighted by molar-refractivity contribution is -0.124. The molecule has 2 amide bonds. The number of carbonyl (C=O) groups excluding carboxylic acids is 2. The van der Waals surface area contributed by atoms with Gasteiger partial charge in [0.2, 0.25) is 5.91 Å². The van der Waals surface area contributed by atoms with Crippen molar-refractivity contribution in [1.29, 1.82) is 0 Å². The molecule has 0 spiro atoms. The second kappa shape index (κ2) is 4.86. The van der Waals surface area contributed by atoms with Gasteiger partial charge in [0.25, 0.3) is 0 Å². The number of rotatable bonds is 4. The number of hydrogen-bond donors (Lipinski definition) is 1. The summed E-state index contributed by atoms with van der Waals surface area (Å²) in [4.78, 5) is 24.1. The third kappa shape index (κ3) is 2.55. The van der Waals surface area contributed by atoms with Crippen LogP contribution >= 0.6 is 0 Å². The molecule has 0 radical (unpaired) electrons. The minimum atomic E-state index is -0.528. The van der Waals surface area contributed by atoms with E-state index in [4.69, 9.17) is 4.74 Å². The topological polar surface area (TPSA) is 76.5 Å². The van der Waals surface area contributed by atoms with E-state index in [0.29, 0.717) is 13.1 Å². The van der Waals surface area contributed by atoms with Crippen LogP contribution in [-0.4, -0.2) is 52.9 Å². The van der Waals surface area contributed by atoms with Crippen molar-refractivity contribution in [2.24, 2.45) is 0 Å². The minimum Gasteiger partial charge on any atom is -0.447 e. The van der Waals surface area contributed by atoms with Gasteiger partial charge < -0.3 is 10.1 Å². The molecule has 1 aliphatic heterocycles. The quantitative estimate of drug-likeness (QED) is 0.763. The zero-order chi connectivity index (χ0) is 12.3. The highest BCUT2D eigenvalue weighted by molar-refractivity contribution is 5.87. The molecule has 0 unspecified atom stereocenters. The molecule has 2 rings (SSSR count). The predicted octanol–water partition coefficient (Wildman–Crippen LogP) is -0.550. The molecule has 7 nitrogen and oxygen atoms in total. The number of hydrogen-bond acceptors (Lipinski definition) is 4. The lowest BCUT2D eigenvalue weighted by Gasteiger charge is -2.15. The standard InChI is InChI=1S/C10H14N4O3/c1-13-8(7-17-10(13)16)9(15)11-4-6-14-5-2-3-12-14/h2-3,5,8H,4,6-7H2,1H3,(H,11,15)/t8-/m0/s1. The van der Waals surface area contributed by atoms with Crippen molar-refractivity contribution in [3.63, 3.8) is 0 Å². The van der Waals surface area contributed by atoms with Crippen molar-refractivity contribution < 1.29 is 14.3 Å². The number of amides is 2. The van der Waals surface area contributed by atoms with E-state index in [-0.39, 0.29) is 12.5 Å². The van der Waals surface area contributed by atoms with Gasteiger partial charge in [-0.25, -0.2) is 4.79 Å². The Morgan fingerprint density at radius 2 is 2.53 bits per heavy atom. The van der Waals surface area contributed by atoms with Gasteiger partial charge in [-0.05, 0) is 6.07 Å². The third-order valence-corrected chi connectivity index (χ3v) is 2.62. The van der Waals surface area contributed by atoms with E-state index in [9.17, 15) is 9.59 Å². The van der Waals surface area contributed by atoms with Crippen LogP contribution in [0.15, 0.2) is 18.5 Å². The second-order valence-corrected chi connectivity index (χ2v) is 3.76.